The number of primary sulfonamides is 1. The number of anilines is 1. The Bertz CT molecular complexity index is 632. The molecule has 0 atom stereocenters. The summed E-state index contributed by atoms with van der Waals surface area (Å²) in [5.74, 6) is 0.171. The first kappa shape index (κ1) is 15.1. The molecule has 0 bridgehead atoms. The molecule has 0 radical (unpaired) electrons. The number of benzene rings is 1. The van der Waals surface area contributed by atoms with Crippen molar-refractivity contribution < 1.29 is 8.42 Å². The van der Waals surface area contributed by atoms with E-state index in [4.69, 9.17) is 22.0 Å². The second-order valence-corrected chi connectivity index (χ2v) is 7.10. The maximum Gasteiger partial charge on any atom is 0.209 e. The SMILES string of the molecule is N#Cc1ccc(N2CCC(CS(N)(=O)=O)CC2)cc1Cl. The first-order valence-electron chi connectivity index (χ1n) is 6.34. The van der Waals surface area contributed by atoms with Crippen LogP contribution in [0.1, 0.15) is 18.4 Å². The predicted octanol–water partition coefficient (Wildman–Crippen LogP) is 1.72. The van der Waals surface area contributed by atoms with Gasteiger partial charge in [-0.2, -0.15) is 5.26 Å². The van der Waals surface area contributed by atoms with Crippen LogP contribution in [0, 0.1) is 17.2 Å². The highest BCUT2D eigenvalue weighted by Crippen LogP contribution is 2.27. The summed E-state index contributed by atoms with van der Waals surface area (Å²) in [7, 11) is -3.40. The highest BCUT2D eigenvalue weighted by molar-refractivity contribution is 7.89. The Morgan fingerprint density at radius 3 is 2.55 bits per heavy atom. The maximum atomic E-state index is 11.1. The van der Waals surface area contributed by atoms with Gasteiger partial charge in [0.05, 0.1) is 16.3 Å². The normalized spacial score (nSPS) is 16.9. The quantitative estimate of drug-likeness (QED) is 0.920. The van der Waals surface area contributed by atoms with Gasteiger partial charge in [0.15, 0.2) is 0 Å². The van der Waals surface area contributed by atoms with Gasteiger partial charge in [0, 0.05) is 18.8 Å². The number of halogens is 1. The van der Waals surface area contributed by atoms with Crippen molar-refractivity contribution >= 4 is 27.3 Å². The lowest BCUT2D eigenvalue weighted by Crippen LogP contribution is -2.37. The van der Waals surface area contributed by atoms with Gasteiger partial charge < -0.3 is 4.90 Å². The molecular formula is C13H16ClN3O2S. The summed E-state index contributed by atoms with van der Waals surface area (Å²) in [6, 6.07) is 7.37. The summed E-state index contributed by atoms with van der Waals surface area (Å²) in [6.45, 7) is 1.53. The Labute approximate surface area is 124 Å². The van der Waals surface area contributed by atoms with Gasteiger partial charge in [0.1, 0.15) is 6.07 Å². The lowest BCUT2D eigenvalue weighted by Gasteiger charge is -2.33. The van der Waals surface area contributed by atoms with Gasteiger partial charge >= 0.3 is 0 Å². The molecule has 20 heavy (non-hydrogen) atoms. The largest absolute Gasteiger partial charge is 0.371 e. The minimum absolute atomic E-state index is 0.0506. The number of rotatable bonds is 3. The average Bonchev–Trinajstić information content (AvgIpc) is 2.37. The summed E-state index contributed by atoms with van der Waals surface area (Å²) in [5.41, 5.74) is 1.42. The lowest BCUT2D eigenvalue weighted by atomic mass is 9.98. The summed E-state index contributed by atoms with van der Waals surface area (Å²) in [4.78, 5) is 2.15. The van der Waals surface area contributed by atoms with Crippen molar-refractivity contribution in [2.45, 2.75) is 12.8 Å². The van der Waals surface area contributed by atoms with Crippen LogP contribution in [0.25, 0.3) is 0 Å². The zero-order chi connectivity index (χ0) is 14.8. The molecule has 108 valence electrons. The van der Waals surface area contributed by atoms with Crippen LogP contribution in [-0.4, -0.2) is 27.3 Å². The van der Waals surface area contributed by atoms with Crippen LogP contribution in [0.15, 0.2) is 18.2 Å². The molecule has 1 fully saturated rings. The highest BCUT2D eigenvalue weighted by atomic mass is 35.5. The fourth-order valence-electron chi connectivity index (χ4n) is 2.48. The molecule has 1 saturated heterocycles. The highest BCUT2D eigenvalue weighted by Gasteiger charge is 2.23. The van der Waals surface area contributed by atoms with Crippen molar-refractivity contribution in [3.63, 3.8) is 0 Å². The Hall–Kier alpha value is -1.29. The molecular weight excluding hydrogens is 298 g/mol. The van der Waals surface area contributed by atoms with Gasteiger partial charge in [-0.15, -0.1) is 0 Å². The average molecular weight is 314 g/mol. The summed E-state index contributed by atoms with van der Waals surface area (Å²) < 4.78 is 22.2. The van der Waals surface area contributed by atoms with Gasteiger partial charge in [-0.1, -0.05) is 11.6 Å². The smallest absolute Gasteiger partial charge is 0.209 e. The van der Waals surface area contributed by atoms with Gasteiger partial charge in [0.25, 0.3) is 0 Å². The standard InChI is InChI=1S/C13H16ClN3O2S/c14-13-7-12(2-1-11(13)8-15)17-5-3-10(4-6-17)9-20(16,18)19/h1-2,7,10H,3-6,9H2,(H2,16,18,19). The molecule has 0 aliphatic carbocycles. The number of hydrogen-bond acceptors (Lipinski definition) is 4. The fraction of sp³-hybridized carbons (Fsp3) is 0.462. The van der Waals surface area contributed by atoms with E-state index < -0.39 is 10.0 Å². The van der Waals surface area contributed by atoms with E-state index in [2.05, 4.69) is 4.90 Å². The Morgan fingerprint density at radius 2 is 2.05 bits per heavy atom. The predicted molar refractivity (Wildman–Crippen MR) is 79.1 cm³/mol. The number of piperidine rings is 1. The van der Waals surface area contributed by atoms with Gasteiger partial charge in [0.2, 0.25) is 10.0 Å². The van der Waals surface area contributed by atoms with Crippen LogP contribution in [0.4, 0.5) is 5.69 Å². The second-order valence-electron chi connectivity index (χ2n) is 5.04. The topological polar surface area (TPSA) is 87.2 Å². The van der Waals surface area contributed by atoms with Crippen molar-refractivity contribution in [3.05, 3.63) is 28.8 Å². The van der Waals surface area contributed by atoms with Gasteiger partial charge in [-0.25, -0.2) is 13.6 Å². The summed E-state index contributed by atoms with van der Waals surface area (Å²) in [6.07, 6.45) is 1.57. The minimum Gasteiger partial charge on any atom is -0.371 e. The zero-order valence-electron chi connectivity index (χ0n) is 10.9. The van der Waals surface area contributed by atoms with Gasteiger partial charge in [-0.05, 0) is 37.0 Å². The molecule has 2 N–H and O–H groups in total. The van der Waals surface area contributed by atoms with Crippen molar-refractivity contribution in [1.82, 2.24) is 0 Å². The van der Waals surface area contributed by atoms with E-state index in [1.54, 1.807) is 12.1 Å². The Balaban J connectivity index is 2.01. The van der Waals surface area contributed by atoms with Crippen LogP contribution >= 0.6 is 11.6 Å². The molecule has 2 rings (SSSR count). The molecule has 0 spiro atoms. The monoisotopic (exact) mass is 313 g/mol. The Kier molecular flexibility index (Phi) is 4.53. The van der Waals surface area contributed by atoms with E-state index in [9.17, 15) is 8.42 Å². The van der Waals surface area contributed by atoms with Crippen molar-refractivity contribution in [2.24, 2.45) is 11.1 Å². The number of nitriles is 1. The molecule has 7 heteroatoms. The third-order valence-corrected chi connectivity index (χ3v) is 4.77. The van der Waals surface area contributed by atoms with E-state index in [0.717, 1.165) is 31.6 Å². The van der Waals surface area contributed by atoms with Gasteiger partial charge in [-0.3, -0.25) is 0 Å². The number of nitrogens with two attached hydrogens (primary N) is 1. The number of sulfonamides is 1. The number of nitrogens with zero attached hydrogens (tertiary/aromatic N) is 2. The second kappa shape index (κ2) is 6.00. The van der Waals surface area contributed by atoms with Crippen LogP contribution in [0.2, 0.25) is 5.02 Å². The first-order chi connectivity index (χ1) is 9.39. The van der Waals surface area contributed by atoms with Crippen LogP contribution in [0.5, 0.6) is 0 Å². The molecule has 0 unspecified atom stereocenters. The Morgan fingerprint density at radius 1 is 1.40 bits per heavy atom. The summed E-state index contributed by atoms with van der Waals surface area (Å²) in [5, 5.41) is 14.4. The van der Waals surface area contributed by atoms with Crippen LogP contribution in [0.3, 0.4) is 0 Å². The molecule has 1 aliphatic heterocycles. The molecule has 0 saturated carbocycles. The van der Waals surface area contributed by atoms with Crippen molar-refractivity contribution in [2.75, 3.05) is 23.7 Å². The van der Waals surface area contributed by atoms with Crippen molar-refractivity contribution in [1.29, 1.82) is 5.26 Å². The first-order valence-corrected chi connectivity index (χ1v) is 8.43. The molecule has 0 amide bonds. The van der Waals surface area contributed by atoms with E-state index in [1.165, 1.54) is 0 Å². The van der Waals surface area contributed by atoms with E-state index in [-0.39, 0.29) is 11.7 Å². The zero-order valence-corrected chi connectivity index (χ0v) is 12.5. The van der Waals surface area contributed by atoms with Crippen LogP contribution < -0.4 is 10.0 Å². The lowest BCUT2D eigenvalue weighted by molar-refractivity contribution is 0.436. The third kappa shape index (κ3) is 3.85. The molecule has 1 heterocycles. The molecule has 5 nitrogen and oxygen atoms in total. The summed E-state index contributed by atoms with van der Waals surface area (Å²) >= 11 is 6.02. The van der Waals surface area contributed by atoms with E-state index in [0.29, 0.717) is 10.6 Å². The maximum absolute atomic E-state index is 11.1. The fourth-order valence-corrected chi connectivity index (χ4v) is 3.69. The van der Waals surface area contributed by atoms with E-state index >= 15 is 0 Å². The molecule has 1 aromatic carbocycles. The molecule has 1 aromatic rings. The van der Waals surface area contributed by atoms with Crippen LogP contribution in [-0.2, 0) is 10.0 Å². The number of hydrogen-bond donors (Lipinski definition) is 1. The molecule has 1 aliphatic rings. The molecule has 0 aromatic heterocycles. The van der Waals surface area contributed by atoms with E-state index in [1.807, 2.05) is 12.1 Å². The van der Waals surface area contributed by atoms with Crippen molar-refractivity contribution in [3.8, 4) is 6.07 Å². The third-order valence-electron chi connectivity index (χ3n) is 3.52. The minimum atomic E-state index is -3.40.